The van der Waals surface area contributed by atoms with E-state index in [1.807, 2.05) is 30.3 Å². The smallest absolute Gasteiger partial charge is 0.318 e. The van der Waals surface area contributed by atoms with Crippen molar-refractivity contribution in [2.45, 2.75) is 43.7 Å². The van der Waals surface area contributed by atoms with Gasteiger partial charge in [0, 0.05) is 45.8 Å². The van der Waals surface area contributed by atoms with Gasteiger partial charge in [0.15, 0.2) is 0 Å². The molecule has 0 unspecified atom stereocenters. The largest absolute Gasteiger partial charge is 0.380 e. The third-order valence-electron chi connectivity index (χ3n) is 6.92. The van der Waals surface area contributed by atoms with Crippen molar-refractivity contribution in [3.05, 3.63) is 72.3 Å². The van der Waals surface area contributed by atoms with E-state index in [0.717, 1.165) is 5.56 Å². The number of rotatable bonds is 7. The van der Waals surface area contributed by atoms with Crippen molar-refractivity contribution in [2.75, 3.05) is 31.6 Å². The number of carbonyl (C=O) groups excluding carboxylic acids is 2. The Kier molecular flexibility index (Phi) is 7.13. The van der Waals surface area contributed by atoms with Gasteiger partial charge < -0.3 is 20.3 Å². The van der Waals surface area contributed by atoms with E-state index in [1.165, 1.54) is 0 Å². The van der Waals surface area contributed by atoms with Crippen molar-refractivity contribution in [2.24, 2.45) is 5.41 Å². The molecule has 2 fully saturated rings. The van der Waals surface area contributed by atoms with Gasteiger partial charge in [-0.3, -0.25) is 4.79 Å². The lowest BCUT2D eigenvalue weighted by Crippen LogP contribution is -2.69. The van der Waals surface area contributed by atoms with Crippen molar-refractivity contribution in [3.63, 3.8) is 0 Å². The molecule has 3 N–H and O–H groups in total. The monoisotopic (exact) mass is 556 g/mol. The third-order valence-corrected chi connectivity index (χ3v) is 8.74. The number of sulfonamides is 1. The Balaban J connectivity index is 0.00000205. The van der Waals surface area contributed by atoms with Gasteiger partial charge in [-0.25, -0.2) is 17.9 Å². The molecule has 3 aromatic rings. The predicted octanol–water partition coefficient (Wildman–Crippen LogP) is 4.25. The number of carbonyl (C=O) groups is 2. The first kappa shape index (κ1) is 27.1. The fraction of sp³-hybridized carbons (Fsp3) is 0.379. The molecule has 0 aliphatic carbocycles. The maximum Gasteiger partial charge on any atom is 0.318 e. The minimum atomic E-state index is -3.81. The van der Waals surface area contributed by atoms with Gasteiger partial charge >= 0.3 is 6.03 Å². The average Bonchev–Trinajstić information content (AvgIpc) is 2.81. The van der Waals surface area contributed by atoms with Crippen molar-refractivity contribution in [1.82, 2.24) is 14.9 Å². The molecule has 0 bridgehead atoms. The first-order valence-corrected chi connectivity index (χ1v) is 14.5. The first-order valence-electron chi connectivity index (χ1n) is 13.0. The lowest BCUT2D eigenvalue weighted by atomic mass is 9.78. The summed E-state index contributed by atoms with van der Waals surface area (Å²) in [5, 5.41) is 6.93. The zero-order valence-corrected chi connectivity index (χ0v) is 23.2. The predicted molar refractivity (Wildman–Crippen MR) is 156 cm³/mol. The molecule has 3 amide bonds. The summed E-state index contributed by atoms with van der Waals surface area (Å²) in [6.45, 7) is 7.89. The van der Waals surface area contributed by atoms with Gasteiger partial charge in [0.25, 0.3) is 0 Å². The third kappa shape index (κ3) is 5.93. The van der Waals surface area contributed by atoms with Crippen LogP contribution in [0.15, 0.2) is 71.6 Å². The summed E-state index contributed by atoms with van der Waals surface area (Å²) in [6, 6.07) is 18.5. The van der Waals surface area contributed by atoms with Crippen molar-refractivity contribution >= 4 is 38.4 Å². The minimum Gasteiger partial charge on any atom is -0.380 e. The highest BCUT2D eigenvalue weighted by atomic mass is 32.2. The van der Waals surface area contributed by atoms with Crippen LogP contribution in [0.5, 0.6) is 0 Å². The van der Waals surface area contributed by atoms with Crippen LogP contribution in [-0.2, 0) is 26.0 Å². The molecule has 5 rings (SSSR count). The summed E-state index contributed by atoms with van der Waals surface area (Å²) < 4.78 is 34.3. The van der Waals surface area contributed by atoms with E-state index in [1.54, 1.807) is 62.1 Å². The number of nitrogens with zero attached hydrogens (tertiary/aromatic N) is 1. The lowest BCUT2D eigenvalue weighted by Gasteiger charge is -2.54. The van der Waals surface area contributed by atoms with E-state index in [2.05, 4.69) is 15.4 Å². The van der Waals surface area contributed by atoms with E-state index in [9.17, 15) is 18.0 Å². The van der Waals surface area contributed by atoms with Crippen LogP contribution in [0.4, 0.5) is 10.5 Å². The number of hydrogen-bond donors (Lipinski definition) is 3. The highest BCUT2D eigenvalue weighted by Gasteiger charge is 2.51. The summed E-state index contributed by atoms with van der Waals surface area (Å²) in [7, 11) is -3.81. The zero-order valence-electron chi connectivity index (χ0n) is 22.4. The van der Waals surface area contributed by atoms with Crippen LogP contribution in [-0.4, -0.2) is 63.1 Å². The van der Waals surface area contributed by atoms with Crippen LogP contribution in [0.25, 0.3) is 10.8 Å². The van der Waals surface area contributed by atoms with Gasteiger partial charge in [-0.1, -0.05) is 54.6 Å². The van der Waals surface area contributed by atoms with Crippen molar-refractivity contribution in [1.29, 1.82) is 0 Å². The zero-order chi connectivity index (χ0) is 27.8. The highest BCUT2D eigenvalue weighted by Crippen LogP contribution is 2.37. The minimum absolute atomic E-state index is 0. The maximum absolute atomic E-state index is 13.6. The standard InChI is InChI=1S/C29H34N4O5S.3H2/c1-28(2,3)32-39(36,37)25-14-8-11-21-22(25)12-7-13-23(21)30-26(34)24(15-20-9-5-4-6-10-20)31-27(35)33-16-29(17-33)18-38-19-29;;;/h4-14,24,32H,15-19H2,1-3H3,(H,30,34)(H,31,35);3*1H/t24-;;;/m0.../s1. The van der Waals surface area contributed by atoms with Crippen LogP contribution >= 0.6 is 0 Å². The van der Waals surface area contributed by atoms with Gasteiger partial charge in [0.05, 0.1) is 23.5 Å². The fourth-order valence-corrected chi connectivity index (χ4v) is 6.72. The first-order chi connectivity index (χ1) is 18.4. The van der Waals surface area contributed by atoms with Crippen LogP contribution in [0, 0.1) is 5.41 Å². The Hall–Kier alpha value is -3.47. The molecule has 0 aromatic heterocycles. The maximum atomic E-state index is 13.6. The molecule has 2 saturated heterocycles. The van der Waals surface area contributed by atoms with Gasteiger partial charge in [-0.2, -0.15) is 0 Å². The summed E-state index contributed by atoms with van der Waals surface area (Å²) in [4.78, 5) is 28.4. The van der Waals surface area contributed by atoms with Gasteiger partial charge in [0.1, 0.15) is 6.04 Å². The molecule has 3 aromatic carbocycles. The topological polar surface area (TPSA) is 117 Å². The molecule has 1 spiro atoms. The second-order valence-corrected chi connectivity index (χ2v) is 13.2. The number of anilines is 1. The lowest BCUT2D eigenvalue weighted by molar-refractivity contribution is -0.175. The molecule has 2 aliphatic rings. The summed E-state index contributed by atoms with van der Waals surface area (Å²) in [6.07, 6.45) is 0.306. The molecule has 10 heteroatoms. The number of ether oxygens (including phenoxy) is 1. The number of nitrogens with one attached hydrogen (secondary N) is 3. The van der Waals surface area contributed by atoms with Crippen LogP contribution in [0.1, 0.15) is 30.6 Å². The van der Waals surface area contributed by atoms with E-state index < -0.39 is 21.6 Å². The number of fused-ring (bicyclic) bond motifs is 1. The Bertz CT molecular complexity index is 1500. The number of amides is 3. The number of benzene rings is 3. The molecule has 0 radical (unpaired) electrons. The normalized spacial score (nSPS) is 17.3. The van der Waals surface area contributed by atoms with Crippen molar-refractivity contribution in [3.8, 4) is 0 Å². The SMILES string of the molecule is CC(C)(C)NS(=O)(=O)c1cccc2c(NC(=O)[C@H](Cc3ccccc3)NC(=O)N3CC4(COC4)C3)cccc12.[HH].[HH].[HH]. The molecule has 1 atom stereocenters. The van der Waals surface area contributed by atoms with Crippen LogP contribution in [0.3, 0.4) is 0 Å². The summed E-state index contributed by atoms with van der Waals surface area (Å²) in [5.74, 6) is -0.386. The molecule has 2 heterocycles. The Morgan fingerprint density at radius 3 is 2.28 bits per heavy atom. The Morgan fingerprint density at radius 1 is 0.974 bits per heavy atom. The summed E-state index contributed by atoms with van der Waals surface area (Å²) >= 11 is 0. The second-order valence-electron chi connectivity index (χ2n) is 11.5. The van der Waals surface area contributed by atoms with Crippen LogP contribution < -0.4 is 15.4 Å². The van der Waals surface area contributed by atoms with E-state index >= 15 is 0 Å². The molecule has 2 aliphatic heterocycles. The van der Waals surface area contributed by atoms with Crippen LogP contribution in [0.2, 0.25) is 0 Å². The number of hydrogen-bond acceptors (Lipinski definition) is 5. The van der Waals surface area contributed by atoms with Gasteiger partial charge in [0.2, 0.25) is 15.9 Å². The van der Waals surface area contributed by atoms with E-state index in [4.69, 9.17) is 4.74 Å². The fourth-order valence-electron chi connectivity index (χ4n) is 5.08. The molecular weight excluding hydrogens is 516 g/mol. The number of urea groups is 1. The van der Waals surface area contributed by atoms with E-state index in [0.29, 0.717) is 49.2 Å². The molecule has 212 valence electrons. The van der Waals surface area contributed by atoms with Crippen molar-refractivity contribution < 1.29 is 27.0 Å². The van der Waals surface area contributed by atoms with Gasteiger partial charge in [-0.15, -0.1) is 0 Å². The average molecular weight is 557 g/mol. The second kappa shape index (κ2) is 10.3. The molecule has 0 saturated carbocycles. The summed E-state index contributed by atoms with van der Waals surface area (Å²) in [5.41, 5.74) is 0.784. The number of likely N-dealkylation sites (tertiary alicyclic amines) is 1. The molecule has 39 heavy (non-hydrogen) atoms. The van der Waals surface area contributed by atoms with Gasteiger partial charge in [-0.05, 0) is 38.5 Å². The Morgan fingerprint density at radius 2 is 1.64 bits per heavy atom. The molecular formula is C29H40N4O5S. The highest BCUT2D eigenvalue weighted by molar-refractivity contribution is 7.89. The quantitative estimate of drug-likeness (QED) is 0.402. The Labute approximate surface area is 233 Å². The molecule has 9 nitrogen and oxygen atoms in total. The van der Waals surface area contributed by atoms with E-state index in [-0.39, 0.29) is 26.5 Å².